The quantitative estimate of drug-likeness (QED) is 0.743. The zero-order valence-electron chi connectivity index (χ0n) is 11.8. The van der Waals surface area contributed by atoms with Crippen molar-refractivity contribution in [3.63, 3.8) is 0 Å². The van der Waals surface area contributed by atoms with Crippen LogP contribution in [0.5, 0.6) is 0 Å². The molecule has 0 saturated carbocycles. The van der Waals surface area contributed by atoms with Crippen LogP contribution in [0.25, 0.3) is 11.5 Å². The molecule has 0 fully saturated rings. The van der Waals surface area contributed by atoms with Crippen LogP contribution < -0.4 is 5.73 Å². The average molecular weight is 280 g/mol. The normalized spacial score (nSPS) is 10.7. The van der Waals surface area contributed by atoms with Gasteiger partial charge in [0.15, 0.2) is 0 Å². The smallest absolute Gasteiger partial charge is 0.227 e. The molecule has 2 aromatic heterocycles. The number of aromatic nitrogens is 3. The molecule has 0 aliphatic carbocycles. The largest absolute Gasteiger partial charge is 0.399 e. The molecule has 5 heteroatoms. The highest BCUT2D eigenvalue weighted by molar-refractivity contribution is 5.49. The van der Waals surface area contributed by atoms with Crippen molar-refractivity contribution in [1.82, 2.24) is 15.1 Å². The molecule has 0 amide bonds. The molecule has 3 aromatic rings. The monoisotopic (exact) mass is 280 g/mol. The van der Waals surface area contributed by atoms with Crippen molar-refractivity contribution < 1.29 is 4.52 Å². The molecule has 5 nitrogen and oxygen atoms in total. The first-order valence-electron chi connectivity index (χ1n) is 6.81. The second-order valence-corrected chi connectivity index (χ2v) is 4.98. The minimum Gasteiger partial charge on any atom is -0.399 e. The fourth-order valence-electron chi connectivity index (χ4n) is 2.12. The Morgan fingerprint density at radius 1 is 1.14 bits per heavy atom. The predicted molar refractivity (Wildman–Crippen MR) is 80.5 cm³/mol. The van der Waals surface area contributed by atoms with Gasteiger partial charge in [-0.15, -0.1) is 0 Å². The van der Waals surface area contributed by atoms with Crippen LogP contribution in [0.3, 0.4) is 0 Å². The van der Waals surface area contributed by atoms with E-state index in [1.165, 1.54) is 0 Å². The van der Waals surface area contributed by atoms with E-state index in [4.69, 9.17) is 10.3 Å². The summed E-state index contributed by atoms with van der Waals surface area (Å²) in [6.07, 6.45) is 3.24. The van der Waals surface area contributed by atoms with Crippen LogP contribution in [0.1, 0.15) is 17.0 Å². The molecule has 21 heavy (non-hydrogen) atoms. The number of rotatable bonds is 4. The van der Waals surface area contributed by atoms with Crippen molar-refractivity contribution >= 4 is 5.69 Å². The maximum atomic E-state index is 5.76. The summed E-state index contributed by atoms with van der Waals surface area (Å²) in [5.74, 6) is 1.14. The molecule has 0 spiro atoms. The Morgan fingerprint density at radius 3 is 2.86 bits per heavy atom. The van der Waals surface area contributed by atoms with E-state index in [9.17, 15) is 0 Å². The van der Waals surface area contributed by atoms with Gasteiger partial charge in [0, 0.05) is 18.3 Å². The zero-order chi connectivity index (χ0) is 14.7. The highest BCUT2D eigenvalue weighted by Crippen LogP contribution is 2.15. The third kappa shape index (κ3) is 3.25. The molecule has 106 valence electrons. The summed E-state index contributed by atoms with van der Waals surface area (Å²) in [4.78, 5) is 8.64. The molecule has 0 unspecified atom stereocenters. The van der Waals surface area contributed by atoms with Crippen molar-refractivity contribution in [3.8, 4) is 11.5 Å². The summed E-state index contributed by atoms with van der Waals surface area (Å²) in [5.41, 5.74) is 9.53. The van der Waals surface area contributed by atoms with Gasteiger partial charge in [0.1, 0.15) is 5.69 Å². The molecule has 3 rings (SSSR count). The topological polar surface area (TPSA) is 77.8 Å². The lowest BCUT2D eigenvalue weighted by Crippen LogP contribution is -1.93. The average Bonchev–Trinajstić information content (AvgIpc) is 2.94. The van der Waals surface area contributed by atoms with Gasteiger partial charge in [0.25, 0.3) is 0 Å². The fourth-order valence-corrected chi connectivity index (χ4v) is 2.12. The van der Waals surface area contributed by atoms with Crippen LogP contribution in [-0.4, -0.2) is 15.1 Å². The fraction of sp³-hybridized carbons (Fsp3) is 0.188. The van der Waals surface area contributed by atoms with Crippen molar-refractivity contribution in [3.05, 3.63) is 59.6 Å². The highest BCUT2D eigenvalue weighted by Gasteiger charge is 2.10. The molecule has 0 atom stereocenters. The molecule has 0 saturated heterocycles. The second kappa shape index (κ2) is 5.75. The van der Waals surface area contributed by atoms with Gasteiger partial charge in [-0.2, -0.15) is 4.98 Å². The third-order valence-electron chi connectivity index (χ3n) is 3.19. The molecule has 1 aromatic carbocycles. The van der Waals surface area contributed by atoms with Crippen LogP contribution in [-0.2, 0) is 12.8 Å². The summed E-state index contributed by atoms with van der Waals surface area (Å²) in [7, 11) is 0. The Balaban J connectivity index is 1.71. The predicted octanol–water partition coefficient (Wildman–Crippen LogP) is 2.81. The van der Waals surface area contributed by atoms with Crippen molar-refractivity contribution in [2.45, 2.75) is 19.8 Å². The minimum atomic E-state index is 0.529. The first-order valence-corrected chi connectivity index (χ1v) is 6.81. The zero-order valence-corrected chi connectivity index (χ0v) is 11.8. The Bertz CT molecular complexity index is 751. The number of pyridine rings is 1. The van der Waals surface area contributed by atoms with Crippen LogP contribution in [0.2, 0.25) is 0 Å². The Morgan fingerprint density at radius 2 is 2.05 bits per heavy atom. The van der Waals surface area contributed by atoms with E-state index >= 15 is 0 Å². The van der Waals surface area contributed by atoms with Gasteiger partial charge in [0.2, 0.25) is 11.7 Å². The summed E-state index contributed by atoms with van der Waals surface area (Å²) < 4.78 is 5.28. The molecule has 0 radical (unpaired) electrons. The lowest BCUT2D eigenvalue weighted by atomic mass is 10.1. The molecule has 0 bridgehead atoms. The SMILES string of the molecule is Cc1ccnc(-c2noc(CCc3cccc(N)c3)n2)c1. The van der Waals surface area contributed by atoms with Crippen LogP contribution >= 0.6 is 0 Å². The van der Waals surface area contributed by atoms with Gasteiger partial charge in [-0.1, -0.05) is 17.3 Å². The summed E-state index contributed by atoms with van der Waals surface area (Å²) in [5, 5.41) is 3.98. The van der Waals surface area contributed by atoms with Crippen molar-refractivity contribution in [2.75, 3.05) is 5.73 Å². The van der Waals surface area contributed by atoms with E-state index in [0.717, 1.165) is 28.9 Å². The number of anilines is 1. The van der Waals surface area contributed by atoms with Gasteiger partial charge in [0.05, 0.1) is 0 Å². The molecular weight excluding hydrogens is 264 g/mol. The van der Waals surface area contributed by atoms with E-state index in [1.54, 1.807) is 6.20 Å². The highest BCUT2D eigenvalue weighted by atomic mass is 16.5. The molecule has 0 aliphatic heterocycles. The maximum Gasteiger partial charge on any atom is 0.227 e. The first kappa shape index (κ1) is 13.3. The van der Waals surface area contributed by atoms with E-state index < -0.39 is 0 Å². The van der Waals surface area contributed by atoms with Gasteiger partial charge >= 0.3 is 0 Å². The van der Waals surface area contributed by atoms with E-state index in [0.29, 0.717) is 18.1 Å². The Kier molecular flexibility index (Phi) is 3.64. The van der Waals surface area contributed by atoms with E-state index in [1.807, 2.05) is 43.3 Å². The van der Waals surface area contributed by atoms with Crippen LogP contribution in [0, 0.1) is 6.92 Å². The third-order valence-corrected chi connectivity index (χ3v) is 3.19. The maximum absolute atomic E-state index is 5.76. The lowest BCUT2D eigenvalue weighted by Gasteiger charge is -1.99. The second-order valence-electron chi connectivity index (χ2n) is 4.98. The number of benzene rings is 1. The number of hydrogen-bond donors (Lipinski definition) is 1. The van der Waals surface area contributed by atoms with Gasteiger partial charge in [-0.05, 0) is 48.7 Å². The van der Waals surface area contributed by atoms with Crippen LogP contribution in [0.15, 0.2) is 47.1 Å². The number of hydrogen-bond acceptors (Lipinski definition) is 5. The number of nitrogens with zero attached hydrogens (tertiary/aromatic N) is 3. The molecule has 2 N–H and O–H groups in total. The van der Waals surface area contributed by atoms with E-state index in [2.05, 4.69) is 15.1 Å². The number of nitrogens with two attached hydrogens (primary N) is 1. The molecule has 2 heterocycles. The van der Waals surface area contributed by atoms with Crippen molar-refractivity contribution in [1.29, 1.82) is 0 Å². The standard InChI is InChI=1S/C16H16N4O/c1-11-7-8-18-14(9-11)16-19-15(21-20-16)6-5-12-3-2-4-13(17)10-12/h2-4,7-10H,5-6,17H2,1H3. The first-order chi connectivity index (χ1) is 10.2. The number of nitrogen functional groups attached to an aromatic ring is 1. The summed E-state index contributed by atoms with van der Waals surface area (Å²) in [6, 6.07) is 11.7. The minimum absolute atomic E-state index is 0.529. The molecular formula is C16H16N4O. The lowest BCUT2D eigenvalue weighted by molar-refractivity contribution is 0.379. The Labute approximate surface area is 122 Å². The van der Waals surface area contributed by atoms with E-state index in [-0.39, 0.29) is 0 Å². The van der Waals surface area contributed by atoms with Gasteiger partial charge in [-0.25, -0.2) is 0 Å². The van der Waals surface area contributed by atoms with Gasteiger partial charge in [-0.3, -0.25) is 4.98 Å². The molecule has 0 aliphatic rings. The van der Waals surface area contributed by atoms with Crippen LogP contribution in [0.4, 0.5) is 5.69 Å². The summed E-state index contributed by atoms with van der Waals surface area (Å²) >= 11 is 0. The van der Waals surface area contributed by atoms with Crippen molar-refractivity contribution in [2.24, 2.45) is 0 Å². The Hall–Kier alpha value is -2.69. The number of aryl methyl sites for hydroxylation is 3. The summed E-state index contributed by atoms with van der Waals surface area (Å²) in [6.45, 7) is 2.01. The van der Waals surface area contributed by atoms with Gasteiger partial charge < -0.3 is 10.3 Å².